The molecule has 1 fully saturated rings. The first kappa shape index (κ1) is 16.3. The van der Waals surface area contributed by atoms with Crippen molar-refractivity contribution >= 4 is 11.5 Å². The lowest BCUT2D eigenvalue weighted by molar-refractivity contribution is 0.103. The van der Waals surface area contributed by atoms with Gasteiger partial charge < -0.3 is 19.1 Å². The number of ether oxygens (including phenoxy) is 3. The summed E-state index contributed by atoms with van der Waals surface area (Å²) in [6.07, 6.45) is 0. The zero-order valence-electron chi connectivity index (χ0n) is 14.0. The summed E-state index contributed by atoms with van der Waals surface area (Å²) in [6.45, 7) is 2.91. The van der Waals surface area contributed by atoms with Gasteiger partial charge >= 0.3 is 0 Å². The van der Waals surface area contributed by atoms with Crippen LogP contribution in [0, 0.1) is 0 Å². The van der Waals surface area contributed by atoms with E-state index in [4.69, 9.17) is 14.2 Å². The minimum atomic E-state index is -0.0587. The molecule has 1 aliphatic heterocycles. The minimum Gasteiger partial charge on any atom is -0.497 e. The van der Waals surface area contributed by atoms with Crippen molar-refractivity contribution in [2.24, 2.45) is 0 Å². The van der Waals surface area contributed by atoms with Gasteiger partial charge in [0.05, 0.1) is 33.0 Å². The Hall–Kier alpha value is -2.53. The molecule has 0 bridgehead atoms. The van der Waals surface area contributed by atoms with Crippen LogP contribution in [0.15, 0.2) is 42.5 Å². The number of hydrogen-bond donors (Lipinski definition) is 0. The highest BCUT2D eigenvalue weighted by molar-refractivity contribution is 6.14. The first-order valence-corrected chi connectivity index (χ1v) is 7.93. The molecule has 0 N–H and O–H groups in total. The number of ketones is 1. The van der Waals surface area contributed by atoms with Crippen LogP contribution in [0.4, 0.5) is 5.69 Å². The number of carbonyl (C=O) groups excluding carboxylic acids is 1. The standard InChI is InChI=1S/C19H21NO4/c1-22-14-7-8-16(18(13-14)23-2)19(21)15-5-3-4-6-17(15)20-9-11-24-12-10-20/h3-8,13H,9-12H2,1-2H3. The summed E-state index contributed by atoms with van der Waals surface area (Å²) in [6, 6.07) is 12.9. The quantitative estimate of drug-likeness (QED) is 0.790. The minimum absolute atomic E-state index is 0.0587. The number of carbonyl (C=O) groups is 1. The fourth-order valence-electron chi connectivity index (χ4n) is 2.88. The Morgan fingerprint density at radius 3 is 2.46 bits per heavy atom. The van der Waals surface area contributed by atoms with E-state index >= 15 is 0 Å². The van der Waals surface area contributed by atoms with Crippen LogP contribution >= 0.6 is 0 Å². The lowest BCUT2D eigenvalue weighted by Gasteiger charge is -2.30. The number of rotatable bonds is 5. The average Bonchev–Trinajstić information content (AvgIpc) is 2.67. The van der Waals surface area contributed by atoms with E-state index in [-0.39, 0.29) is 5.78 Å². The van der Waals surface area contributed by atoms with Crippen LogP contribution in [0.3, 0.4) is 0 Å². The predicted molar refractivity (Wildman–Crippen MR) is 92.5 cm³/mol. The summed E-state index contributed by atoms with van der Waals surface area (Å²) in [4.78, 5) is 15.3. The van der Waals surface area contributed by atoms with Crippen LogP contribution in [0.2, 0.25) is 0 Å². The number of benzene rings is 2. The van der Waals surface area contributed by atoms with E-state index in [0.717, 1.165) is 18.8 Å². The van der Waals surface area contributed by atoms with E-state index in [1.807, 2.05) is 24.3 Å². The molecule has 24 heavy (non-hydrogen) atoms. The molecular formula is C19H21NO4. The van der Waals surface area contributed by atoms with Crippen molar-refractivity contribution in [1.29, 1.82) is 0 Å². The summed E-state index contributed by atoms with van der Waals surface area (Å²) in [5.74, 6) is 1.11. The topological polar surface area (TPSA) is 48.0 Å². The first-order chi connectivity index (χ1) is 11.7. The zero-order valence-corrected chi connectivity index (χ0v) is 14.0. The third kappa shape index (κ3) is 3.21. The third-order valence-electron chi connectivity index (χ3n) is 4.15. The molecule has 0 spiro atoms. The van der Waals surface area contributed by atoms with E-state index in [1.54, 1.807) is 32.4 Å². The second-order valence-electron chi connectivity index (χ2n) is 5.51. The first-order valence-electron chi connectivity index (χ1n) is 7.93. The molecular weight excluding hydrogens is 306 g/mol. The number of para-hydroxylation sites is 1. The lowest BCUT2D eigenvalue weighted by Crippen LogP contribution is -2.37. The van der Waals surface area contributed by atoms with Gasteiger partial charge in [-0.15, -0.1) is 0 Å². The average molecular weight is 327 g/mol. The van der Waals surface area contributed by atoms with E-state index in [2.05, 4.69) is 4.90 Å². The zero-order chi connectivity index (χ0) is 16.9. The molecule has 126 valence electrons. The monoisotopic (exact) mass is 327 g/mol. The van der Waals surface area contributed by atoms with Crippen molar-refractivity contribution in [3.63, 3.8) is 0 Å². The molecule has 5 heteroatoms. The maximum absolute atomic E-state index is 13.1. The van der Waals surface area contributed by atoms with Gasteiger partial charge in [-0.3, -0.25) is 4.79 Å². The van der Waals surface area contributed by atoms with Gasteiger partial charge in [-0.2, -0.15) is 0 Å². The van der Waals surface area contributed by atoms with Crippen LogP contribution < -0.4 is 14.4 Å². The van der Waals surface area contributed by atoms with Gasteiger partial charge in [0.15, 0.2) is 5.78 Å². The van der Waals surface area contributed by atoms with Gasteiger partial charge in [-0.25, -0.2) is 0 Å². The number of anilines is 1. The highest BCUT2D eigenvalue weighted by atomic mass is 16.5. The summed E-state index contributed by atoms with van der Waals surface area (Å²) in [5.41, 5.74) is 2.13. The largest absolute Gasteiger partial charge is 0.497 e. The molecule has 3 rings (SSSR count). The van der Waals surface area contributed by atoms with Gasteiger partial charge in [-0.05, 0) is 24.3 Å². The van der Waals surface area contributed by atoms with Gasteiger partial charge in [0, 0.05) is 30.4 Å². The number of hydrogen-bond acceptors (Lipinski definition) is 5. The van der Waals surface area contributed by atoms with Crippen LogP contribution in [0.25, 0.3) is 0 Å². The summed E-state index contributed by atoms with van der Waals surface area (Å²) >= 11 is 0. The van der Waals surface area contributed by atoms with Crippen molar-refractivity contribution < 1.29 is 19.0 Å². The Morgan fingerprint density at radius 2 is 1.75 bits per heavy atom. The van der Waals surface area contributed by atoms with Crippen molar-refractivity contribution in [1.82, 2.24) is 0 Å². The Morgan fingerprint density at radius 1 is 1.00 bits per heavy atom. The fourth-order valence-corrected chi connectivity index (χ4v) is 2.88. The van der Waals surface area contributed by atoms with Crippen molar-refractivity contribution in [3.8, 4) is 11.5 Å². The molecule has 5 nitrogen and oxygen atoms in total. The van der Waals surface area contributed by atoms with Gasteiger partial charge in [0.25, 0.3) is 0 Å². The molecule has 1 heterocycles. The molecule has 0 amide bonds. The third-order valence-corrected chi connectivity index (χ3v) is 4.15. The van der Waals surface area contributed by atoms with Crippen molar-refractivity contribution in [2.75, 3.05) is 45.4 Å². The van der Waals surface area contributed by atoms with Gasteiger partial charge in [-0.1, -0.05) is 12.1 Å². The second kappa shape index (κ2) is 7.36. The molecule has 0 radical (unpaired) electrons. The highest BCUT2D eigenvalue weighted by Gasteiger charge is 2.21. The van der Waals surface area contributed by atoms with Crippen LogP contribution in [-0.2, 0) is 4.74 Å². The smallest absolute Gasteiger partial charge is 0.198 e. The van der Waals surface area contributed by atoms with Crippen LogP contribution in [0.5, 0.6) is 11.5 Å². The molecule has 1 aliphatic rings. The number of morpholine rings is 1. The van der Waals surface area contributed by atoms with Crippen molar-refractivity contribution in [2.45, 2.75) is 0 Å². The SMILES string of the molecule is COc1ccc(C(=O)c2ccccc2N2CCOCC2)c(OC)c1. The molecule has 0 atom stereocenters. The summed E-state index contributed by atoms with van der Waals surface area (Å²) in [7, 11) is 3.14. The van der Waals surface area contributed by atoms with Crippen LogP contribution in [0.1, 0.15) is 15.9 Å². The summed E-state index contributed by atoms with van der Waals surface area (Å²) in [5, 5.41) is 0. The molecule has 0 unspecified atom stereocenters. The molecule has 1 saturated heterocycles. The Kier molecular flexibility index (Phi) is 5.01. The highest BCUT2D eigenvalue weighted by Crippen LogP contribution is 2.30. The Labute approximate surface area is 141 Å². The lowest BCUT2D eigenvalue weighted by atomic mass is 9.99. The molecule has 2 aromatic rings. The number of methoxy groups -OCH3 is 2. The maximum Gasteiger partial charge on any atom is 0.198 e. The van der Waals surface area contributed by atoms with E-state index in [1.165, 1.54) is 0 Å². The second-order valence-corrected chi connectivity index (χ2v) is 5.51. The molecule has 2 aromatic carbocycles. The Bertz CT molecular complexity index is 723. The summed E-state index contributed by atoms with van der Waals surface area (Å²) < 4.78 is 16.0. The van der Waals surface area contributed by atoms with Gasteiger partial charge in [0.2, 0.25) is 0 Å². The van der Waals surface area contributed by atoms with E-state index in [9.17, 15) is 4.79 Å². The van der Waals surface area contributed by atoms with E-state index in [0.29, 0.717) is 35.8 Å². The van der Waals surface area contributed by atoms with Crippen LogP contribution in [-0.4, -0.2) is 46.3 Å². The number of nitrogens with zero attached hydrogens (tertiary/aromatic N) is 1. The molecule has 0 aliphatic carbocycles. The fraction of sp³-hybridized carbons (Fsp3) is 0.316. The maximum atomic E-state index is 13.1. The Balaban J connectivity index is 1.98. The van der Waals surface area contributed by atoms with E-state index < -0.39 is 0 Å². The normalized spacial score (nSPS) is 14.3. The van der Waals surface area contributed by atoms with Gasteiger partial charge in [0.1, 0.15) is 11.5 Å². The molecule has 0 aromatic heterocycles. The predicted octanol–water partition coefficient (Wildman–Crippen LogP) is 2.77. The molecule has 0 saturated carbocycles. The van der Waals surface area contributed by atoms with Crippen molar-refractivity contribution in [3.05, 3.63) is 53.6 Å².